The van der Waals surface area contributed by atoms with Crippen LogP contribution in [0, 0.1) is 5.92 Å². The van der Waals surface area contributed by atoms with Crippen molar-refractivity contribution in [2.45, 2.75) is 19.5 Å². The predicted octanol–water partition coefficient (Wildman–Crippen LogP) is 1.24. The van der Waals surface area contributed by atoms with Gasteiger partial charge in [0.1, 0.15) is 5.75 Å². The molecule has 3 aromatic rings. The number of pyridine rings is 3. The molecule has 0 aliphatic carbocycles. The Morgan fingerprint density at radius 3 is 3.03 bits per heavy atom. The summed E-state index contributed by atoms with van der Waals surface area (Å²) in [5.74, 6) is 2.08. The van der Waals surface area contributed by atoms with E-state index in [2.05, 4.69) is 25.5 Å². The van der Waals surface area contributed by atoms with Crippen LogP contribution in [0.2, 0.25) is 0 Å². The minimum absolute atomic E-state index is 0.0286. The summed E-state index contributed by atoms with van der Waals surface area (Å²) < 4.78 is 12.4. The van der Waals surface area contributed by atoms with Gasteiger partial charge in [0, 0.05) is 38.3 Å². The first-order valence-electron chi connectivity index (χ1n) is 11.5. The number of nitrogens with one attached hydrogen (secondary N) is 2. The number of hydrogen-bond acceptors (Lipinski definition) is 8. The molecule has 0 aromatic carbocycles. The SMILES string of the molecule is COc1cnc2ccc(=O)n(CCN3CC[C@@H](CNCc4ccc5c(n4)NC(=O)CO5)C3)c2c1. The number of nitrogens with zero attached hydrogens (tertiary/aromatic N) is 4. The van der Waals surface area contributed by atoms with Crippen molar-refractivity contribution in [3.8, 4) is 11.5 Å². The smallest absolute Gasteiger partial charge is 0.263 e. The summed E-state index contributed by atoms with van der Waals surface area (Å²) in [4.78, 5) is 35.3. The minimum Gasteiger partial charge on any atom is -0.495 e. The monoisotopic (exact) mass is 464 g/mol. The van der Waals surface area contributed by atoms with Crippen molar-refractivity contribution in [3.05, 3.63) is 52.6 Å². The second kappa shape index (κ2) is 9.78. The molecule has 2 N–H and O–H groups in total. The number of amides is 1. The van der Waals surface area contributed by atoms with Crippen LogP contribution in [-0.2, 0) is 17.9 Å². The number of hydrogen-bond donors (Lipinski definition) is 2. The largest absolute Gasteiger partial charge is 0.495 e. The van der Waals surface area contributed by atoms with E-state index in [1.165, 1.54) is 0 Å². The molecular formula is C24H28N6O4. The number of carbonyl (C=O) groups is 1. The summed E-state index contributed by atoms with van der Waals surface area (Å²) in [5, 5.41) is 6.22. The Bertz CT molecular complexity index is 1260. The molecule has 1 amide bonds. The molecule has 10 heteroatoms. The van der Waals surface area contributed by atoms with Crippen LogP contribution >= 0.6 is 0 Å². The molecule has 1 saturated heterocycles. The highest BCUT2D eigenvalue weighted by molar-refractivity contribution is 5.94. The highest BCUT2D eigenvalue weighted by atomic mass is 16.5. The van der Waals surface area contributed by atoms with Crippen LogP contribution in [-0.4, -0.2) is 65.2 Å². The summed E-state index contributed by atoms with van der Waals surface area (Å²) in [7, 11) is 1.60. The number of methoxy groups -OCH3 is 1. The second-order valence-corrected chi connectivity index (χ2v) is 8.68. The van der Waals surface area contributed by atoms with E-state index >= 15 is 0 Å². The molecule has 1 fully saturated rings. The highest BCUT2D eigenvalue weighted by Gasteiger charge is 2.22. The summed E-state index contributed by atoms with van der Waals surface area (Å²) in [5.41, 5.74) is 2.41. The lowest BCUT2D eigenvalue weighted by Crippen LogP contribution is -2.31. The standard InChI is InChI=1S/C24H28N6O4/c1-33-18-10-20-19(26-13-18)3-5-23(32)30(20)9-8-29-7-6-16(14-29)11-25-12-17-2-4-21-24(27-17)28-22(31)15-34-21/h2-5,10,13,16,25H,6-9,11-12,14-15H2,1H3,(H,27,28,31)/t16-/m0/s1. The molecule has 0 spiro atoms. The molecule has 0 unspecified atom stereocenters. The molecular weight excluding hydrogens is 436 g/mol. The Morgan fingerprint density at radius 1 is 1.24 bits per heavy atom. The van der Waals surface area contributed by atoms with E-state index in [9.17, 15) is 9.59 Å². The summed E-state index contributed by atoms with van der Waals surface area (Å²) in [6.45, 7) is 4.94. The first-order chi connectivity index (χ1) is 16.6. The van der Waals surface area contributed by atoms with Gasteiger partial charge in [0.25, 0.3) is 11.5 Å². The fourth-order valence-corrected chi connectivity index (χ4v) is 4.52. The molecule has 3 aromatic heterocycles. The fraction of sp³-hybridized carbons (Fsp3) is 0.417. The second-order valence-electron chi connectivity index (χ2n) is 8.68. The predicted molar refractivity (Wildman–Crippen MR) is 127 cm³/mol. The maximum absolute atomic E-state index is 12.5. The van der Waals surface area contributed by atoms with Crippen LogP contribution < -0.4 is 25.7 Å². The molecule has 10 nitrogen and oxygen atoms in total. The fourth-order valence-electron chi connectivity index (χ4n) is 4.52. The van der Waals surface area contributed by atoms with Gasteiger partial charge in [-0.2, -0.15) is 0 Å². The third-order valence-corrected chi connectivity index (χ3v) is 6.33. The normalized spacial score (nSPS) is 17.9. The van der Waals surface area contributed by atoms with E-state index < -0.39 is 0 Å². The summed E-state index contributed by atoms with van der Waals surface area (Å²) in [6.07, 6.45) is 2.77. The molecule has 1 atom stereocenters. The van der Waals surface area contributed by atoms with Crippen LogP contribution in [0.1, 0.15) is 12.1 Å². The van der Waals surface area contributed by atoms with Crippen LogP contribution in [0.15, 0.2) is 41.3 Å². The first-order valence-corrected chi connectivity index (χ1v) is 11.5. The van der Waals surface area contributed by atoms with E-state index in [0.29, 0.717) is 36.3 Å². The van der Waals surface area contributed by atoms with Crippen molar-refractivity contribution in [2.75, 3.05) is 45.2 Å². The Hall–Kier alpha value is -3.50. The lowest BCUT2D eigenvalue weighted by molar-refractivity contribution is -0.118. The maximum Gasteiger partial charge on any atom is 0.263 e. The van der Waals surface area contributed by atoms with E-state index in [0.717, 1.165) is 49.3 Å². The van der Waals surface area contributed by atoms with Gasteiger partial charge in [0.05, 0.1) is 30.0 Å². The van der Waals surface area contributed by atoms with Crippen LogP contribution in [0.25, 0.3) is 11.0 Å². The van der Waals surface area contributed by atoms with Crippen molar-refractivity contribution in [1.29, 1.82) is 0 Å². The Morgan fingerprint density at radius 2 is 2.15 bits per heavy atom. The molecule has 0 bridgehead atoms. The minimum atomic E-state index is -0.183. The Labute approximate surface area is 196 Å². The number of carbonyl (C=O) groups excluding carboxylic acids is 1. The van der Waals surface area contributed by atoms with Crippen LogP contribution in [0.4, 0.5) is 5.82 Å². The number of fused-ring (bicyclic) bond motifs is 2. The van der Waals surface area contributed by atoms with E-state index in [1.807, 2.05) is 18.2 Å². The van der Waals surface area contributed by atoms with Gasteiger partial charge in [-0.3, -0.25) is 14.6 Å². The van der Waals surface area contributed by atoms with Gasteiger partial charge >= 0.3 is 0 Å². The lowest BCUT2D eigenvalue weighted by Gasteiger charge is -2.19. The van der Waals surface area contributed by atoms with Gasteiger partial charge in [0.2, 0.25) is 0 Å². The zero-order chi connectivity index (χ0) is 23.5. The van der Waals surface area contributed by atoms with Gasteiger partial charge < -0.3 is 29.6 Å². The first kappa shape index (κ1) is 22.3. The molecule has 2 aliphatic rings. The topological polar surface area (TPSA) is 111 Å². The van der Waals surface area contributed by atoms with E-state index in [4.69, 9.17) is 9.47 Å². The van der Waals surface area contributed by atoms with Crippen molar-refractivity contribution >= 4 is 22.8 Å². The van der Waals surface area contributed by atoms with Gasteiger partial charge in [-0.15, -0.1) is 0 Å². The van der Waals surface area contributed by atoms with Gasteiger partial charge in [-0.1, -0.05) is 0 Å². The van der Waals surface area contributed by atoms with Crippen molar-refractivity contribution in [2.24, 2.45) is 5.92 Å². The Balaban J connectivity index is 1.13. The zero-order valence-corrected chi connectivity index (χ0v) is 19.1. The summed E-state index contributed by atoms with van der Waals surface area (Å²) >= 11 is 0. The molecule has 178 valence electrons. The summed E-state index contributed by atoms with van der Waals surface area (Å²) in [6, 6.07) is 8.95. The molecule has 5 rings (SSSR count). The number of rotatable bonds is 8. The van der Waals surface area contributed by atoms with Crippen molar-refractivity contribution < 1.29 is 14.3 Å². The Kier molecular flexibility index (Phi) is 6.41. The quantitative estimate of drug-likeness (QED) is 0.512. The molecule has 0 saturated carbocycles. The zero-order valence-electron chi connectivity index (χ0n) is 19.1. The highest BCUT2D eigenvalue weighted by Crippen LogP contribution is 2.25. The van der Waals surface area contributed by atoms with Gasteiger partial charge in [-0.25, -0.2) is 4.98 Å². The third kappa shape index (κ3) is 4.87. The average Bonchev–Trinajstić information content (AvgIpc) is 3.30. The van der Waals surface area contributed by atoms with E-state index in [-0.39, 0.29) is 18.1 Å². The number of anilines is 1. The van der Waals surface area contributed by atoms with Crippen LogP contribution in [0.5, 0.6) is 11.5 Å². The average molecular weight is 465 g/mol. The van der Waals surface area contributed by atoms with Gasteiger partial charge in [-0.05, 0) is 43.6 Å². The number of ether oxygens (including phenoxy) is 2. The molecule has 5 heterocycles. The lowest BCUT2D eigenvalue weighted by atomic mass is 10.1. The number of aromatic nitrogens is 3. The molecule has 2 aliphatic heterocycles. The maximum atomic E-state index is 12.5. The molecule has 0 radical (unpaired) electrons. The molecule has 34 heavy (non-hydrogen) atoms. The van der Waals surface area contributed by atoms with E-state index in [1.54, 1.807) is 30.0 Å². The van der Waals surface area contributed by atoms with Crippen molar-refractivity contribution in [3.63, 3.8) is 0 Å². The number of likely N-dealkylation sites (tertiary alicyclic amines) is 1. The van der Waals surface area contributed by atoms with Gasteiger partial charge in [0.15, 0.2) is 18.2 Å². The van der Waals surface area contributed by atoms with Crippen molar-refractivity contribution in [1.82, 2.24) is 24.8 Å². The van der Waals surface area contributed by atoms with Crippen LogP contribution in [0.3, 0.4) is 0 Å². The third-order valence-electron chi connectivity index (χ3n) is 6.33.